The molecule has 0 spiro atoms. The lowest BCUT2D eigenvalue weighted by atomic mass is 10.2. The molecule has 0 unspecified atom stereocenters. The van der Waals surface area contributed by atoms with E-state index < -0.39 is 11.8 Å². The van der Waals surface area contributed by atoms with Crippen LogP contribution in [0.3, 0.4) is 0 Å². The van der Waals surface area contributed by atoms with Gasteiger partial charge in [0, 0.05) is 17.6 Å². The van der Waals surface area contributed by atoms with E-state index in [1.165, 1.54) is 17.0 Å². The lowest BCUT2D eigenvalue weighted by Gasteiger charge is -2.22. The molecule has 4 nitrogen and oxygen atoms in total. The molecule has 0 atom stereocenters. The molecule has 1 aromatic rings. The Kier molecular flexibility index (Phi) is 7.54. The number of nitrogens with one attached hydrogen (secondary N) is 1. The molecule has 112 valence electrons. The highest BCUT2D eigenvalue weighted by molar-refractivity contribution is 9.10. The van der Waals surface area contributed by atoms with Gasteiger partial charge in [0.25, 0.3) is 0 Å². The third-order valence-corrected chi connectivity index (χ3v) is 3.35. The van der Waals surface area contributed by atoms with Crippen LogP contribution in [-0.4, -0.2) is 35.7 Å². The first-order valence-corrected chi connectivity index (χ1v) is 7.49. The van der Waals surface area contributed by atoms with Crippen LogP contribution < -0.4 is 5.32 Å². The largest absolute Gasteiger partial charge is 0.395 e. The maximum absolute atomic E-state index is 13.6. The van der Waals surface area contributed by atoms with E-state index in [-0.39, 0.29) is 18.8 Å². The topological polar surface area (TPSA) is 52.6 Å². The van der Waals surface area contributed by atoms with Gasteiger partial charge in [-0.1, -0.05) is 35.7 Å². The molecule has 1 aromatic carbocycles. The quantitative estimate of drug-likeness (QED) is 0.741. The molecular formula is C14H20BrFN2O2. The van der Waals surface area contributed by atoms with Crippen LogP contribution in [0, 0.1) is 5.82 Å². The van der Waals surface area contributed by atoms with Crippen LogP contribution in [0.25, 0.3) is 0 Å². The summed E-state index contributed by atoms with van der Waals surface area (Å²) in [6.45, 7) is 2.76. The third kappa shape index (κ3) is 5.46. The number of aliphatic hydroxyl groups excluding tert-OH is 1. The summed E-state index contributed by atoms with van der Waals surface area (Å²) in [5.74, 6) is -0.487. The molecule has 0 aliphatic carbocycles. The van der Waals surface area contributed by atoms with E-state index in [4.69, 9.17) is 5.11 Å². The molecule has 2 N–H and O–H groups in total. The second-order valence-corrected chi connectivity index (χ2v) is 5.39. The summed E-state index contributed by atoms with van der Waals surface area (Å²) in [7, 11) is 0. The number of hydrogen-bond acceptors (Lipinski definition) is 2. The number of urea groups is 1. The average molecular weight is 347 g/mol. The maximum atomic E-state index is 13.6. The van der Waals surface area contributed by atoms with Crippen LogP contribution in [0.15, 0.2) is 22.7 Å². The van der Waals surface area contributed by atoms with Crippen molar-refractivity contribution in [2.24, 2.45) is 0 Å². The number of benzene rings is 1. The fraction of sp³-hybridized carbons (Fsp3) is 0.500. The van der Waals surface area contributed by atoms with Gasteiger partial charge in [0.05, 0.1) is 12.3 Å². The first-order valence-electron chi connectivity index (χ1n) is 6.70. The first-order chi connectivity index (χ1) is 9.58. The molecule has 0 fully saturated rings. The average Bonchev–Trinajstić information content (AvgIpc) is 2.42. The molecule has 0 heterocycles. The van der Waals surface area contributed by atoms with E-state index in [1.54, 1.807) is 6.07 Å². The Morgan fingerprint density at radius 3 is 2.80 bits per heavy atom. The van der Waals surface area contributed by atoms with Crippen LogP contribution in [-0.2, 0) is 0 Å². The van der Waals surface area contributed by atoms with Crippen LogP contribution >= 0.6 is 15.9 Å². The summed E-state index contributed by atoms with van der Waals surface area (Å²) >= 11 is 3.23. The van der Waals surface area contributed by atoms with Gasteiger partial charge in [-0.15, -0.1) is 0 Å². The lowest BCUT2D eigenvalue weighted by Crippen LogP contribution is -2.38. The Bertz CT molecular complexity index is 443. The van der Waals surface area contributed by atoms with Crippen molar-refractivity contribution in [3.05, 3.63) is 28.5 Å². The molecule has 0 radical (unpaired) electrons. The number of nitrogens with zero attached hydrogens (tertiary/aromatic N) is 1. The van der Waals surface area contributed by atoms with Gasteiger partial charge >= 0.3 is 6.03 Å². The molecule has 0 aromatic heterocycles. The molecule has 0 aliphatic heterocycles. The minimum atomic E-state index is -0.487. The number of hydrogen-bond donors (Lipinski definition) is 2. The van der Waals surface area contributed by atoms with Crippen molar-refractivity contribution in [2.45, 2.75) is 26.2 Å². The standard InChI is InChI=1S/C14H20BrFN2O2/c1-2-3-4-7-18(8-9-19)14(20)17-13-10-11(15)5-6-12(13)16/h5-6,10,19H,2-4,7-9H2,1H3,(H,17,20). The molecule has 0 aliphatic rings. The normalized spacial score (nSPS) is 10.4. The Balaban J connectivity index is 2.67. The second kappa shape index (κ2) is 8.92. The summed E-state index contributed by atoms with van der Waals surface area (Å²) in [5, 5.41) is 11.5. The Labute approximate surface area is 127 Å². The minimum Gasteiger partial charge on any atom is -0.395 e. The highest BCUT2D eigenvalue weighted by Crippen LogP contribution is 2.20. The fourth-order valence-corrected chi connectivity index (χ4v) is 2.14. The fourth-order valence-electron chi connectivity index (χ4n) is 1.78. The molecule has 6 heteroatoms. The van der Waals surface area contributed by atoms with Gasteiger partial charge in [-0.3, -0.25) is 0 Å². The van der Waals surface area contributed by atoms with E-state index in [0.29, 0.717) is 11.0 Å². The zero-order valence-electron chi connectivity index (χ0n) is 11.5. The summed E-state index contributed by atoms with van der Waals surface area (Å²) in [5.41, 5.74) is 0.128. The minimum absolute atomic E-state index is 0.111. The van der Waals surface area contributed by atoms with E-state index >= 15 is 0 Å². The highest BCUT2D eigenvalue weighted by atomic mass is 79.9. The molecule has 0 saturated carbocycles. The number of carbonyl (C=O) groups is 1. The summed E-state index contributed by atoms with van der Waals surface area (Å²) in [4.78, 5) is 13.6. The summed E-state index contributed by atoms with van der Waals surface area (Å²) in [6, 6.07) is 3.97. The Morgan fingerprint density at radius 2 is 2.15 bits per heavy atom. The highest BCUT2D eigenvalue weighted by Gasteiger charge is 2.14. The smallest absolute Gasteiger partial charge is 0.322 e. The number of amides is 2. The Morgan fingerprint density at radius 1 is 1.40 bits per heavy atom. The number of carbonyl (C=O) groups excluding carboxylic acids is 1. The molecular weight excluding hydrogens is 327 g/mol. The second-order valence-electron chi connectivity index (χ2n) is 4.47. The number of unbranched alkanes of at least 4 members (excludes halogenated alkanes) is 2. The van der Waals surface area contributed by atoms with E-state index in [0.717, 1.165) is 19.3 Å². The molecule has 0 bridgehead atoms. The zero-order valence-corrected chi connectivity index (χ0v) is 13.1. The van der Waals surface area contributed by atoms with E-state index in [1.807, 2.05) is 0 Å². The van der Waals surface area contributed by atoms with Gasteiger partial charge in [-0.25, -0.2) is 9.18 Å². The monoisotopic (exact) mass is 346 g/mol. The van der Waals surface area contributed by atoms with Gasteiger partial charge in [-0.2, -0.15) is 0 Å². The number of anilines is 1. The van der Waals surface area contributed by atoms with Gasteiger partial charge in [0.15, 0.2) is 0 Å². The van der Waals surface area contributed by atoms with Gasteiger partial charge in [-0.05, 0) is 24.6 Å². The van der Waals surface area contributed by atoms with Crippen molar-refractivity contribution in [3.63, 3.8) is 0 Å². The van der Waals surface area contributed by atoms with Crippen molar-refractivity contribution >= 4 is 27.6 Å². The van der Waals surface area contributed by atoms with Gasteiger partial charge in [0.2, 0.25) is 0 Å². The van der Waals surface area contributed by atoms with Gasteiger partial charge in [0.1, 0.15) is 5.82 Å². The zero-order chi connectivity index (χ0) is 15.0. The van der Waals surface area contributed by atoms with Gasteiger partial charge < -0.3 is 15.3 Å². The Hall–Kier alpha value is -1.14. The van der Waals surface area contributed by atoms with E-state index in [2.05, 4.69) is 28.2 Å². The summed E-state index contributed by atoms with van der Waals surface area (Å²) < 4.78 is 14.3. The summed E-state index contributed by atoms with van der Waals surface area (Å²) in [6.07, 6.45) is 2.93. The van der Waals surface area contributed by atoms with Crippen LogP contribution in [0.4, 0.5) is 14.9 Å². The van der Waals surface area contributed by atoms with Crippen molar-refractivity contribution in [3.8, 4) is 0 Å². The van der Waals surface area contributed by atoms with Crippen LogP contribution in [0.1, 0.15) is 26.2 Å². The number of halogens is 2. The number of aliphatic hydroxyl groups is 1. The van der Waals surface area contributed by atoms with Crippen molar-refractivity contribution in [2.75, 3.05) is 25.0 Å². The molecule has 20 heavy (non-hydrogen) atoms. The van der Waals surface area contributed by atoms with E-state index in [9.17, 15) is 9.18 Å². The van der Waals surface area contributed by atoms with Crippen molar-refractivity contribution in [1.82, 2.24) is 4.90 Å². The van der Waals surface area contributed by atoms with Crippen LogP contribution in [0.5, 0.6) is 0 Å². The van der Waals surface area contributed by atoms with Crippen molar-refractivity contribution < 1.29 is 14.3 Å². The number of rotatable bonds is 7. The maximum Gasteiger partial charge on any atom is 0.322 e. The SMILES string of the molecule is CCCCCN(CCO)C(=O)Nc1cc(Br)ccc1F. The third-order valence-electron chi connectivity index (χ3n) is 2.86. The molecule has 0 saturated heterocycles. The van der Waals surface area contributed by atoms with Crippen molar-refractivity contribution in [1.29, 1.82) is 0 Å². The lowest BCUT2D eigenvalue weighted by molar-refractivity contribution is 0.187. The predicted molar refractivity (Wildman–Crippen MR) is 81.3 cm³/mol. The molecule has 2 amide bonds. The molecule has 1 rings (SSSR count). The first kappa shape index (κ1) is 16.9. The van der Waals surface area contributed by atoms with Crippen LogP contribution in [0.2, 0.25) is 0 Å². The predicted octanol–water partition coefficient (Wildman–Crippen LogP) is 3.60.